The average Bonchev–Trinajstić information content (AvgIpc) is 3.13. The monoisotopic (exact) mass is 312 g/mol. The number of aromatic amines is 1. The molecule has 0 spiro atoms. The summed E-state index contributed by atoms with van der Waals surface area (Å²) >= 11 is 0. The van der Waals surface area contributed by atoms with Gasteiger partial charge < -0.3 is 10.6 Å². The Hall–Kier alpha value is -3.23. The van der Waals surface area contributed by atoms with Crippen molar-refractivity contribution in [2.45, 2.75) is 20.8 Å². The molecular weight excluding hydrogens is 296 g/mol. The van der Waals surface area contributed by atoms with Gasteiger partial charge in [0.1, 0.15) is 6.33 Å². The molecule has 0 atom stereocenters. The predicted octanol–water partition coefficient (Wildman–Crippen LogP) is 1.95. The summed E-state index contributed by atoms with van der Waals surface area (Å²) in [5, 5.41) is 23.5. The number of rotatable bonds is 3. The van der Waals surface area contributed by atoms with Crippen LogP contribution in [0.3, 0.4) is 0 Å². The zero-order valence-electron chi connectivity index (χ0n) is 13.0. The van der Waals surface area contributed by atoms with E-state index in [2.05, 4.69) is 36.4 Å². The number of aryl methyl sites for hydroxylation is 3. The Kier molecular flexibility index (Phi) is 3.75. The molecule has 3 aromatic rings. The van der Waals surface area contributed by atoms with Crippen molar-refractivity contribution in [2.24, 2.45) is 0 Å². The Morgan fingerprint density at radius 3 is 2.65 bits per heavy atom. The number of amides is 2. The lowest BCUT2D eigenvalue weighted by Gasteiger charge is -2.10. The number of aromatic nitrogens is 6. The Balaban J connectivity index is 1.73. The van der Waals surface area contributed by atoms with Crippen molar-refractivity contribution >= 4 is 17.4 Å². The van der Waals surface area contributed by atoms with Crippen molar-refractivity contribution in [3.05, 3.63) is 41.5 Å². The van der Waals surface area contributed by atoms with Crippen LogP contribution in [0, 0.1) is 20.8 Å². The molecule has 9 heteroatoms. The van der Waals surface area contributed by atoms with Gasteiger partial charge in [-0.3, -0.25) is 5.10 Å². The number of urea groups is 1. The van der Waals surface area contributed by atoms with Crippen molar-refractivity contribution in [3.63, 3.8) is 0 Å². The van der Waals surface area contributed by atoms with Crippen molar-refractivity contribution in [2.75, 3.05) is 10.6 Å². The Morgan fingerprint density at radius 1 is 1.22 bits per heavy atom. The van der Waals surface area contributed by atoms with Gasteiger partial charge in [0.15, 0.2) is 0 Å². The van der Waals surface area contributed by atoms with Crippen molar-refractivity contribution < 1.29 is 4.79 Å². The fourth-order valence-corrected chi connectivity index (χ4v) is 2.27. The standard InChI is InChI=1S/C14H16N8O/c1-8-6-11(4-5-12(8)22-7-15-20-21-22)16-14(23)17-13-9(2)18-19-10(13)3/h4-7H,1-3H3,(H,18,19)(H2,16,17,23). The van der Waals surface area contributed by atoms with E-state index >= 15 is 0 Å². The van der Waals surface area contributed by atoms with Crippen LogP contribution in [0.15, 0.2) is 24.5 Å². The van der Waals surface area contributed by atoms with E-state index in [-0.39, 0.29) is 6.03 Å². The van der Waals surface area contributed by atoms with Crippen LogP contribution in [-0.4, -0.2) is 36.4 Å². The third-order valence-electron chi connectivity index (χ3n) is 3.42. The minimum absolute atomic E-state index is 0.327. The molecule has 0 radical (unpaired) electrons. The van der Waals surface area contributed by atoms with E-state index in [0.717, 1.165) is 22.6 Å². The van der Waals surface area contributed by atoms with E-state index < -0.39 is 0 Å². The lowest BCUT2D eigenvalue weighted by molar-refractivity contribution is 0.262. The van der Waals surface area contributed by atoms with E-state index in [1.54, 1.807) is 10.7 Å². The van der Waals surface area contributed by atoms with Gasteiger partial charge in [0.05, 0.1) is 22.8 Å². The maximum Gasteiger partial charge on any atom is 0.323 e. The molecule has 0 bridgehead atoms. The Bertz CT molecular complexity index is 817. The molecule has 118 valence electrons. The van der Waals surface area contributed by atoms with Crippen LogP contribution >= 0.6 is 0 Å². The van der Waals surface area contributed by atoms with Crippen LogP contribution in [0.5, 0.6) is 0 Å². The molecule has 9 nitrogen and oxygen atoms in total. The quantitative estimate of drug-likeness (QED) is 0.684. The molecule has 0 aliphatic rings. The highest BCUT2D eigenvalue weighted by Crippen LogP contribution is 2.19. The molecule has 1 aromatic carbocycles. The minimum atomic E-state index is -0.327. The van der Waals surface area contributed by atoms with E-state index in [1.165, 1.54) is 6.33 Å². The molecule has 0 aliphatic carbocycles. The number of benzene rings is 1. The second-order valence-corrected chi connectivity index (χ2v) is 5.14. The lowest BCUT2D eigenvalue weighted by atomic mass is 10.2. The third kappa shape index (κ3) is 3.03. The molecule has 0 aliphatic heterocycles. The first-order valence-corrected chi connectivity index (χ1v) is 6.98. The molecule has 0 saturated heterocycles. The van der Waals surface area contributed by atoms with E-state index in [1.807, 2.05) is 32.9 Å². The van der Waals surface area contributed by atoms with Gasteiger partial charge >= 0.3 is 6.03 Å². The van der Waals surface area contributed by atoms with E-state index in [0.29, 0.717) is 11.4 Å². The Morgan fingerprint density at radius 2 is 2.04 bits per heavy atom. The molecule has 2 heterocycles. The summed E-state index contributed by atoms with van der Waals surface area (Å²) in [6, 6.07) is 5.16. The number of tetrazole rings is 1. The van der Waals surface area contributed by atoms with Gasteiger partial charge in [0.25, 0.3) is 0 Å². The molecule has 0 unspecified atom stereocenters. The molecule has 2 aromatic heterocycles. The summed E-state index contributed by atoms with van der Waals surface area (Å²) in [7, 11) is 0. The minimum Gasteiger partial charge on any atom is -0.308 e. The third-order valence-corrected chi connectivity index (χ3v) is 3.42. The van der Waals surface area contributed by atoms with Gasteiger partial charge in [0.2, 0.25) is 0 Å². The van der Waals surface area contributed by atoms with Crippen LogP contribution < -0.4 is 10.6 Å². The highest BCUT2D eigenvalue weighted by molar-refractivity contribution is 6.00. The summed E-state index contributed by atoms with van der Waals surface area (Å²) in [6.45, 7) is 5.59. The predicted molar refractivity (Wildman–Crippen MR) is 84.6 cm³/mol. The number of carbonyl (C=O) groups is 1. The highest BCUT2D eigenvalue weighted by atomic mass is 16.2. The number of H-pyrrole nitrogens is 1. The lowest BCUT2D eigenvalue weighted by Crippen LogP contribution is -2.20. The molecular formula is C14H16N8O. The zero-order chi connectivity index (χ0) is 16.4. The SMILES string of the molecule is Cc1cc(NC(=O)Nc2c(C)n[nH]c2C)ccc1-n1cnnn1. The molecule has 3 N–H and O–H groups in total. The topological polar surface area (TPSA) is 113 Å². The fourth-order valence-electron chi connectivity index (χ4n) is 2.27. The second-order valence-electron chi connectivity index (χ2n) is 5.14. The number of carbonyl (C=O) groups excluding carboxylic acids is 1. The fraction of sp³-hybridized carbons (Fsp3) is 0.214. The van der Waals surface area contributed by atoms with Gasteiger partial charge in [-0.15, -0.1) is 5.10 Å². The first-order chi connectivity index (χ1) is 11.0. The maximum absolute atomic E-state index is 12.1. The number of hydrogen-bond donors (Lipinski definition) is 3. The summed E-state index contributed by atoms with van der Waals surface area (Å²) < 4.78 is 1.57. The molecule has 0 fully saturated rings. The van der Waals surface area contributed by atoms with Crippen LogP contribution in [0.25, 0.3) is 5.69 Å². The molecule has 2 amide bonds. The first-order valence-electron chi connectivity index (χ1n) is 6.98. The summed E-state index contributed by atoms with van der Waals surface area (Å²) in [5.41, 5.74) is 4.69. The first kappa shape index (κ1) is 14.7. The summed E-state index contributed by atoms with van der Waals surface area (Å²) in [4.78, 5) is 12.1. The maximum atomic E-state index is 12.1. The molecule has 0 saturated carbocycles. The smallest absolute Gasteiger partial charge is 0.308 e. The zero-order valence-corrected chi connectivity index (χ0v) is 13.0. The average molecular weight is 312 g/mol. The summed E-state index contributed by atoms with van der Waals surface area (Å²) in [6.07, 6.45) is 1.52. The van der Waals surface area contributed by atoms with Crippen LogP contribution in [0.2, 0.25) is 0 Å². The van der Waals surface area contributed by atoms with Crippen LogP contribution in [0.4, 0.5) is 16.2 Å². The van der Waals surface area contributed by atoms with E-state index in [9.17, 15) is 4.79 Å². The van der Waals surface area contributed by atoms with Crippen LogP contribution in [0.1, 0.15) is 17.0 Å². The second kappa shape index (κ2) is 5.87. The van der Waals surface area contributed by atoms with Crippen LogP contribution in [-0.2, 0) is 0 Å². The largest absolute Gasteiger partial charge is 0.323 e. The summed E-state index contributed by atoms with van der Waals surface area (Å²) in [5.74, 6) is 0. The van der Waals surface area contributed by atoms with Gasteiger partial charge in [-0.05, 0) is 55.0 Å². The van der Waals surface area contributed by atoms with Crippen molar-refractivity contribution in [1.29, 1.82) is 0 Å². The van der Waals surface area contributed by atoms with E-state index in [4.69, 9.17) is 0 Å². The molecule has 3 rings (SSSR count). The highest BCUT2D eigenvalue weighted by Gasteiger charge is 2.11. The van der Waals surface area contributed by atoms with Gasteiger partial charge in [-0.1, -0.05) is 0 Å². The van der Waals surface area contributed by atoms with Gasteiger partial charge in [-0.25, -0.2) is 9.48 Å². The number of nitrogens with one attached hydrogen (secondary N) is 3. The molecule has 23 heavy (non-hydrogen) atoms. The number of anilines is 2. The van der Waals surface area contributed by atoms with Crippen molar-refractivity contribution in [3.8, 4) is 5.69 Å². The number of hydrogen-bond acceptors (Lipinski definition) is 5. The van der Waals surface area contributed by atoms with Gasteiger partial charge in [0, 0.05) is 5.69 Å². The Labute approximate surface area is 132 Å². The van der Waals surface area contributed by atoms with Crippen molar-refractivity contribution in [1.82, 2.24) is 30.4 Å². The number of nitrogens with zero attached hydrogens (tertiary/aromatic N) is 5. The normalized spacial score (nSPS) is 10.6. The van der Waals surface area contributed by atoms with Gasteiger partial charge in [-0.2, -0.15) is 5.10 Å².